The maximum Gasteiger partial charge on any atom is 0.131 e. The molecule has 0 saturated carbocycles. The van der Waals surface area contributed by atoms with Crippen LogP contribution < -0.4 is 0 Å². The molecule has 0 bridgehead atoms. The van der Waals surface area contributed by atoms with Gasteiger partial charge < -0.3 is 5.11 Å². The molecule has 3 nitrogen and oxygen atoms in total. The monoisotopic (exact) mass is 270 g/mol. The first-order valence-electron chi connectivity index (χ1n) is 5.58. The van der Waals surface area contributed by atoms with Gasteiger partial charge in [-0.25, -0.2) is 0 Å². The lowest BCUT2D eigenvalue weighted by Crippen LogP contribution is -2.10. The molecular formula is C12H15ClN2OS. The minimum Gasteiger partial charge on any atom is -0.381 e. The first-order valence-corrected chi connectivity index (χ1v) is 6.84. The lowest BCUT2D eigenvalue weighted by Gasteiger charge is -2.13. The van der Waals surface area contributed by atoms with Crippen molar-refractivity contribution in [2.45, 2.75) is 32.9 Å². The molecule has 2 aromatic rings. The zero-order valence-corrected chi connectivity index (χ0v) is 11.4. The highest BCUT2D eigenvalue weighted by Crippen LogP contribution is 2.33. The van der Waals surface area contributed by atoms with Crippen molar-refractivity contribution in [3.05, 3.63) is 38.8 Å². The van der Waals surface area contributed by atoms with E-state index in [4.69, 9.17) is 11.6 Å². The fourth-order valence-electron chi connectivity index (χ4n) is 1.82. The summed E-state index contributed by atoms with van der Waals surface area (Å²) < 4.78 is 1.78. The lowest BCUT2D eigenvalue weighted by atomic mass is 10.1. The summed E-state index contributed by atoms with van der Waals surface area (Å²) in [5.74, 6) is 0. The smallest absolute Gasteiger partial charge is 0.131 e. The van der Waals surface area contributed by atoms with Gasteiger partial charge in [-0.3, -0.25) is 4.68 Å². The van der Waals surface area contributed by atoms with Gasteiger partial charge in [0.2, 0.25) is 0 Å². The van der Waals surface area contributed by atoms with Gasteiger partial charge in [-0.05, 0) is 30.4 Å². The van der Waals surface area contributed by atoms with Crippen LogP contribution in [-0.4, -0.2) is 14.9 Å². The van der Waals surface area contributed by atoms with E-state index in [9.17, 15) is 5.11 Å². The quantitative estimate of drug-likeness (QED) is 0.925. The van der Waals surface area contributed by atoms with Crippen LogP contribution in [0.5, 0.6) is 0 Å². The van der Waals surface area contributed by atoms with Crippen LogP contribution in [0.25, 0.3) is 0 Å². The minimum absolute atomic E-state index is 0.527. The first kappa shape index (κ1) is 12.6. The van der Waals surface area contributed by atoms with Crippen LogP contribution in [0.1, 0.15) is 35.6 Å². The van der Waals surface area contributed by atoms with E-state index in [1.807, 2.05) is 18.4 Å². The molecule has 1 N–H and O–H groups in total. The number of thiophene rings is 1. The third kappa shape index (κ3) is 2.39. The van der Waals surface area contributed by atoms with Crippen molar-refractivity contribution in [3.8, 4) is 0 Å². The number of hydrogen-bond acceptors (Lipinski definition) is 3. The summed E-state index contributed by atoms with van der Waals surface area (Å²) in [5.41, 5.74) is 1.78. The van der Waals surface area contributed by atoms with Crippen molar-refractivity contribution >= 4 is 22.9 Å². The van der Waals surface area contributed by atoms with Crippen LogP contribution in [0, 0.1) is 6.92 Å². The van der Waals surface area contributed by atoms with Gasteiger partial charge in [0.15, 0.2) is 0 Å². The van der Waals surface area contributed by atoms with Crippen molar-refractivity contribution in [2.24, 2.45) is 0 Å². The van der Waals surface area contributed by atoms with Crippen LogP contribution in [0.2, 0.25) is 5.02 Å². The van der Waals surface area contributed by atoms with Crippen LogP contribution in [0.3, 0.4) is 0 Å². The summed E-state index contributed by atoms with van der Waals surface area (Å²) in [7, 11) is 0. The van der Waals surface area contributed by atoms with E-state index in [0.29, 0.717) is 10.7 Å². The van der Waals surface area contributed by atoms with E-state index in [2.05, 4.69) is 12.0 Å². The van der Waals surface area contributed by atoms with Gasteiger partial charge >= 0.3 is 0 Å². The Morgan fingerprint density at radius 1 is 1.59 bits per heavy atom. The SMILES string of the molecule is CCCn1ncc(Cl)c1C(O)c1sccc1C. The van der Waals surface area contributed by atoms with Crippen molar-refractivity contribution in [1.29, 1.82) is 0 Å². The maximum absolute atomic E-state index is 10.4. The highest BCUT2D eigenvalue weighted by Gasteiger charge is 2.21. The van der Waals surface area contributed by atoms with Gasteiger partial charge in [-0.15, -0.1) is 11.3 Å². The number of rotatable bonds is 4. The zero-order valence-electron chi connectivity index (χ0n) is 9.85. The summed E-state index contributed by atoms with van der Waals surface area (Å²) in [6.45, 7) is 4.83. The number of aromatic nitrogens is 2. The fraction of sp³-hybridized carbons (Fsp3) is 0.417. The average Bonchev–Trinajstić information content (AvgIpc) is 2.86. The zero-order chi connectivity index (χ0) is 12.4. The van der Waals surface area contributed by atoms with Gasteiger partial charge in [-0.2, -0.15) is 5.10 Å². The molecule has 0 aliphatic heterocycles. The third-order valence-corrected chi connectivity index (χ3v) is 4.04. The summed E-state index contributed by atoms with van der Waals surface area (Å²) >= 11 is 7.65. The summed E-state index contributed by atoms with van der Waals surface area (Å²) in [5, 5.41) is 17.1. The van der Waals surface area contributed by atoms with E-state index in [0.717, 1.165) is 23.4 Å². The highest BCUT2D eigenvalue weighted by molar-refractivity contribution is 7.10. The Morgan fingerprint density at radius 2 is 2.35 bits per heavy atom. The molecule has 92 valence electrons. The number of nitrogens with zero attached hydrogens (tertiary/aromatic N) is 2. The molecular weight excluding hydrogens is 256 g/mol. The first-order chi connectivity index (χ1) is 8.15. The maximum atomic E-state index is 10.4. The van der Waals surface area contributed by atoms with E-state index in [1.165, 1.54) is 0 Å². The largest absolute Gasteiger partial charge is 0.381 e. The Hall–Kier alpha value is -0.840. The summed E-state index contributed by atoms with van der Waals surface area (Å²) in [4.78, 5) is 0.935. The molecule has 5 heteroatoms. The molecule has 2 rings (SSSR count). The standard InChI is InChI=1S/C12H15ClN2OS/c1-3-5-15-10(9(13)7-14-15)11(16)12-8(2)4-6-17-12/h4,6-7,11,16H,3,5H2,1-2H3. The van der Waals surface area contributed by atoms with Gasteiger partial charge in [-0.1, -0.05) is 18.5 Å². The molecule has 0 aromatic carbocycles. The predicted octanol–water partition coefficient (Wildman–Crippen LogP) is 3.40. The molecule has 2 aromatic heterocycles. The molecule has 1 atom stereocenters. The van der Waals surface area contributed by atoms with E-state index < -0.39 is 6.10 Å². The van der Waals surface area contributed by atoms with Crippen LogP contribution in [0.15, 0.2) is 17.6 Å². The van der Waals surface area contributed by atoms with Gasteiger partial charge in [0.25, 0.3) is 0 Å². The Bertz CT molecular complexity index is 506. The molecule has 0 saturated heterocycles. The Morgan fingerprint density at radius 3 is 2.94 bits per heavy atom. The van der Waals surface area contributed by atoms with Crippen LogP contribution in [0.4, 0.5) is 0 Å². The summed E-state index contributed by atoms with van der Waals surface area (Å²) in [6, 6.07) is 2.00. The molecule has 1 unspecified atom stereocenters. The molecule has 17 heavy (non-hydrogen) atoms. The number of halogens is 1. The van der Waals surface area contributed by atoms with Gasteiger partial charge in [0, 0.05) is 11.4 Å². The van der Waals surface area contributed by atoms with E-state index >= 15 is 0 Å². The van der Waals surface area contributed by atoms with Crippen molar-refractivity contribution in [1.82, 2.24) is 9.78 Å². The summed E-state index contributed by atoms with van der Waals surface area (Å²) in [6.07, 6.45) is 1.87. The third-order valence-electron chi connectivity index (χ3n) is 2.68. The van der Waals surface area contributed by atoms with Crippen LogP contribution >= 0.6 is 22.9 Å². The number of aliphatic hydroxyl groups is 1. The number of hydrogen-bond donors (Lipinski definition) is 1. The topological polar surface area (TPSA) is 38.0 Å². The van der Waals surface area contributed by atoms with E-state index in [-0.39, 0.29) is 0 Å². The number of aliphatic hydroxyl groups excluding tert-OH is 1. The number of aryl methyl sites for hydroxylation is 2. The molecule has 0 amide bonds. The minimum atomic E-state index is -0.684. The Kier molecular flexibility index (Phi) is 3.86. The molecule has 0 fully saturated rings. The lowest BCUT2D eigenvalue weighted by molar-refractivity contribution is 0.210. The normalized spacial score (nSPS) is 12.9. The van der Waals surface area contributed by atoms with E-state index in [1.54, 1.807) is 22.2 Å². The second kappa shape index (κ2) is 5.21. The second-order valence-corrected chi connectivity index (χ2v) is 5.33. The van der Waals surface area contributed by atoms with Gasteiger partial charge in [0.1, 0.15) is 6.10 Å². The predicted molar refractivity (Wildman–Crippen MR) is 70.6 cm³/mol. The molecule has 0 aliphatic rings. The molecule has 0 spiro atoms. The highest BCUT2D eigenvalue weighted by atomic mass is 35.5. The average molecular weight is 271 g/mol. The molecule has 0 radical (unpaired) electrons. The Balaban J connectivity index is 2.39. The van der Waals surface area contributed by atoms with Crippen molar-refractivity contribution in [3.63, 3.8) is 0 Å². The second-order valence-electron chi connectivity index (χ2n) is 3.97. The van der Waals surface area contributed by atoms with Crippen molar-refractivity contribution in [2.75, 3.05) is 0 Å². The van der Waals surface area contributed by atoms with Crippen molar-refractivity contribution < 1.29 is 5.11 Å². The van der Waals surface area contributed by atoms with Gasteiger partial charge in [0.05, 0.1) is 16.9 Å². The molecule has 0 aliphatic carbocycles. The Labute approximate surface area is 110 Å². The fourth-order valence-corrected chi connectivity index (χ4v) is 2.98. The molecule has 2 heterocycles. The van der Waals surface area contributed by atoms with Crippen LogP contribution in [-0.2, 0) is 6.54 Å².